The van der Waals surface area contributed by atoms with E-state index in [9.17, 15) is 8.42 Å². The zero-order valence-corrected chi connectivity index (χ0v) is 19.6. The van der Waals surface area contributed by atoms with E-state index in [1.54, 1.807) is 19.2 Å². The lowest BCUT2D eigenvalue weighted by Crippen LogP contribution is -3.00. The number of rotatable bonds is 4. The third-order valence-corrected chi connectivity index (χ3v) is 6.79. The van der Waals surface area contributed by atoms with E-state index in [-0.39, 0.29) is 28.9 Å². The van der Waals surface area contributed by atoms with E-state index in [4.69, 9.17) is 11.6 Å². The normalized spacial score (nSPS) is 11.3. The minimum absolute atomic E-state index is 0. The van der Waals surface area contributed by atoms with Gasteiger partial charge in [-0.2, -0.15) is 12.7 Å². The molecule has 0 radical (unpaired) electrons. The lowest BCUT2D eigenvalue weighted by atomic mass is 10.1. The number of halogens is 2. The van der Waals surface area contributed by atoms with Crippen LogP contribution in [0, 0.1) is 0 Å². The summed E-state index contributed by atoms with van der Waals surface area (Å²) in [4.78, 5) is 0.187. The molecule has 29 heavy (non-hydrogen) atoms. The predicted octanol–water partition coefficient (Wildman–Crippen LogP) is 0.913. The quantitative estimate of drug-likeness (QED) is 0.286. The van der Waals surface area contributed by atoms with E-state index in [0.717, 1.165) is 16.9 Å². The predicted molar refractivity (Wildman–Crippen MR) is 111 cm³/mol. The second-order valence-electron chi connectivity index (χ2n) is 6.45. The number of sulfonamides is 1. The molecule has 0 saturated heterocycles. The van der Waals surface area contributed by atoms with Crippen molar-refractivity contribution in [2.75, 3.05) is 11.4 Å². The van der Waals surface area contributed by atoms with Crippen LogP contribution in [0.4, 0.5) is 5.82 Å². The van der Waals surface area contributed by atoms with Gasteiger partial charge >= 0.3 is 10.0 Å². The van der Waals surface area contributed by atoms with Crippen molar-refractivity contribution in [3.8, 4) is 11.3 Å². The average Bonchev–Trinajstić information content (AvgIpc) is 3.01. The fourth-order valence-electron chi connectivity index (χ4n) is 3.36. The molecule has 2 aromatic heterocycles. The van der Waals surface area contributed by atoms with Crippen LogP contribution in [-0.4, -0.2) is 20.0 Å². The molecule has 0 aliphatic carbocycles. The van der Waals surface area contributed by atoms with Gasteiger partial charge in [0.15, 0.2) is 5.69 Å². The van der Waals surface area contributed by atoms with E-state index in [2.05, 4.69) is 0 Å². The molecule has 2 heterocycles. The molecular weight excluding hydrogens is 521 g/mol. The summed E-state index contributed by atoms with van der Waals surface area (Å²) in [5, 5.41) is 0.492. The van der Waals surface area contributed by atoms with Gasteiger partial charge < -0.3 is 24.0 Å². The Hall–Kier alpha value is -2.10. The first-order valence-electron chi connectivity index (χ1n) is 8.70. The summed E-state index contributed by atoms with van der Waals surface area (Å²) < 4.78 is 31.9. The van der Waals surface area contributed by atoms with Gasteiger partial charge in [0.05, 0.1) is 20.3 Å². The van der Waals surface area contributed by atoms with E-state index in [1.807, 2.05) is 70.7 Å². The fourth-order valence-corrected chi connectivity index (χ4v) is 4.69. The summed E-state index contributed by atoms with van der Waals surface area (Å²) in [7, 11) is -0.268. The number of pyridine rings is 1. The molecule has 8 heteroatoms. The number of fused-ring (bicyclic) bond motifs is 1. The number of aromatic nitrogens is 2. The molecule has 4 rings (SSSR count). The highest BCUT2D eigenvalue weighted by molar-refractivity contribution is 7.92. The topological polar surface area (TPSA) is 46.4 Å². The van der Waals surface area contributed by atoms with Gasteiger partial charge in [-0.3, -0.25) is 4.57 Å². The molecular formula is C21H19ClIN3O2S. The third kappa shape index (κ3) is 3.74. The zero-order chi connectivity index (χ0) is 19.9. The van der Waals surface area contributed by atoms with Crippen molar-refractivity contribution in [1.29, 1.82) is 0 Å². The number of hydrogen-bond donors (Lipinski definition) is 0. The summed E-state index contributed by atoms with van der Waals surface area (Å²) in [6.45, 7) is 0. The van der Waals surface area contributed by atoms with Gasteiger partial charge in [-0.05, 0) is 30.3 Å². The lowest BCUT2D eigenvalue weighted by Gasteiger charge is -2.15. The molecule has 4 aromatic rings. The van der Waals surface area contributed by atoms with Crippen LogP contribution in [0.5, 0.6) is 0 Å². The van der Waals surface area contributed by atoms with Crippen LogP contribution in [0.15, 0.2) is 83.9 Å². The van der Waals surface area contributed by atoms with Gasteiger partial charge in [-0.15, -0.1) is 0 Å². The van der Waals surface area contributed by atoms with Crippen molar-refractivity contribution < 1.29 is 36.8 Å². The molecule has 0 saturated carbocycles. The first-order valence-corrected chi connectivity index (χ1v) is 10.5. The first-order chi connectivity index (χ1) is 13.4. The highest BCUT2D eigenvalue weighted by Gasteiger charge is 2.34. The van der Waals surface area contributed by atoms with E-state index >= 15 is 0 Å². The van der Waals surface area contributed by atoms with E-state index < -0.39 is 10.0 Å². The molecule has 0 aliphatic rings. The molecule has 0 bridgehead atoms. The van der Waals surface area contributed by atoms with Gasteiger partial charge in [-0.25, -0.2) is 4.40 Å². The van der Waals surface area contributed by atoms with Crippen LogP contribution in [0.2, 0.25) is 5.02 Å². The van der Waals surface area contributed by atoms with Gasteiger partial charge in [-0.1, -0.05) is 48.0 Å². The Bertz CT molecular complexity index is 1260. The number of aryl methyl sites for hydroxylation is 1. The van der Waals surface area contributed by atoms with Crippen molar-refractivity contribution >= 4 is 33.1 Å². The highest BCUT2D eigenvalue weighted by atomic mass is 127. The van der Waals surface area contributed by atoms with Crippen molar-refractivity contribution in [3.63, 3.8) is 0 Å². The zero-order valence-electron chi connectivity index (χ0n) is 15.8. The molecule has 0 spiro atoms. The van der Waals surface area contributed by atoms with Crippen LogP contribution in [0.25, 0.3) is 16.9 Å². The summed E-state index contributed by atoms with van der Waals surface area (Å²) in [6, 6.07) is 21.7. The molecule has 0 aliphatic heterocycles. The van der Waals surface area contributed by atoms with Crippen LogP contribution in [-0.2, 0) is 17.1 Å². The Balaban J connectivity index is 0.00000240. The van der Waals surface area contributed by atoms with Crippen LogP contribution >= 0.6 is 11.6 Å². The van der Waals surface area contributed by atoms with Gasteiger partial charge in [0.2, 0.25) is 5.65 Å². The summed E-state index contributed by atoms with van der Waals surface area (Å²) in [5.41, 5.74) is 2.63. The Kier molecular flexibility index (Phi) is 6.21. The number of imidazole rings is 1. The molecule has 5 nitrogen and oxygen atoms in total. The SMILES string of the molecule is CN(c1c(-c2ccccc2)n(C)c2cccc[n+]12)S(=O)(=O)c1ccc(Cl)cc1.[I-]. The molecule has 0 fully saturated rings. The summed E-state index contributed by atoms with van der Waals surface area (Å²) in [6.07, 6.45) is 1.87. The smallest absolute Gasteiger partial charge is 0.308 e. The van der Waals surface area contributed by atoms with Crippen molar-refractivity contribution in [2.24, 2.45) is 7.05 Å². The first kappa shape index (κ1) is 21.6. The Morgan fingerprint density at radius 2 is 1.55 bits per heavy atom. The minimum atomic E-state index is -3.78. The molecule has 0 atom stereocenters. The maximum absolute atomic E-state index is 13.3. The molecule has 0 N–H and O–H groups in total. The van der Waals surface area contributed by atoms with Crippen molar-refractivity contribution in [2.45, 2.75) is 4.90 Å². The van der Waals surface area contributed by atoms with Crippen molar-refractivity contribution in [1.82, 2.24) is 4.57 Å². The summed E-state index contributed by atoms with van der Waals surface area (Å²) >= 11 is 5.93. The lowest BCUT2D eigenvalue weighted by molar-refractivity contribution is -0.496. The standard InChI is InChI=1S/C21H19ClN3O2S.HI/c1-23-19-10-6-7-15-25(19)21(20(23)16-8-4-3-5-9-16)24(2)28(26,27)18-13-11-17(22)12-14-18;/h3-15H,1-2H3;1H/q+1;/p-1. The largest absolute Gasteiger partial charge is 1.00 e. The maximum Gasteiger partial charge on any atom is 0.308 e. The Morgan fingerprint density at radius 1 is 0.931 bits per heavy atom. The third-order valence-electron chi connectivity index (χ3n) is 4.77. The minimum Gasteiger partial charge on any atom is -1.00 e. The van der Waals surface area contributed by atoms with Crippen LogP contribution < -0.4 is 32.7 Å². The number of anilines is 1. The number of hydrogen-bond acceptors (Lipinski definition) is 2. The summed E-state index contributed by atoms with van der Waals surface area (Å²) in [5.74, 6) is 0.569. The van der Waals surface area contributed by atoms with E-state index in [0.29, 0.717) is 10.8 Å². The van der Waals surface area contributed by atoms with E-state index in [1.165, 1.54) is 16.4 Å². The molecule has 0 unspecified atom stereocenters. The molecule has 2 aromatic carbocycles. The number of benzene rings is 2. The number of nitrogens with zero attached hydrogens (tertiary/aromatic N) is 3. The van der Waals surface area contributed by atoms with Crippen molar-refractivity contribution in [3.05, 3.63) is 84.0 Å². The van der Waals surface area contributed by atoms with Gasteiger partial charge in [0.1, 0.15) is 4.90 Å². The van der Waals surface area contributed by atoms with Crippen LogP contribution in [0.1, 0.15) is 0 Å². The van der Waals surface area contributed by atoms with Gasteiger partial charge in [0, 0.05) is 16.7 Å². The Labute approximate surface area is 192 Å². The second kappa shape index (κ2) is 8.33. The second-order valence-corrected chi connectivity index (χ2v) is 8.86. The molecule has 0 amide bonds. The maximum atomic E-state index is 13.3. The fraction of sp³-hybridized carbons (Fsp3) is 0.0952. The van der Waals surface area contributed by atoms with Crippen LogP contribution in [0.3, 0.4) is 0 Å². The average molecular weight is 540 g/mol. The highest BCUT2D eigenvalue weighted by Crippen LogP contribution is 2.32. The molecule has 150 valence electrons. The monoisotopic (exact) mass is 539 g/mol. The van der Waals surface area contributed by atoms with Gasteiger partial charge in [0.25, 0.3) is 5.82 Å². The Morgan fingerprint density at radius 3 is 2.21 bits per heavy atom.